The summed E-state index contributed by atoms with van der Waals surface area (Å²) in [6.07, 6.45) is 0. The first-order valence-electron chi connectivity index (χ1n) is 4.97. The fourth-order valence-corrected chi connectivity index (χ4v) is 1.44. The van der Waals surface area contributed by atoms with Crippen molar-refractivity contribution in [1.82, 2.24) is 10.3 Å². The Morgan fingerprint density at radius 3 is 2.65 bits per heavy atom. The molecule has 1 aromatic rings. The Morgan fingerprint density at radius 2 is 2.18 bits per heavy atom. The Bertz CT molecular complexity index is 412. The zero-order valence-electron chi connectivity index (χ0n) is 9.34. The largest absolute Gasteiger partial charge is 0.464 e. The molecular formula is C10H12Cl2N2O3. The van der Waals surface area contributed by atoms with E-state index < -0.39 is 17.9 Å². The Kier molecular flexibility index (Phi) is 4.84. The van der Waals surface area contributed by atoms with E-state index in [2.05, 4.69) is 10.3 Å². The number of H-pyrrole nitrogens is 1. The zero-order chi connectivity index (χ0) is 13.0. The lowest BCUT2D eigenvalue weighted by atomic mass is 10.3. The van der Waals surface area contributed by atoms with Gasteiger partial charge in [-0.25, -0.2) is 4.79 Å². The number of aromatic amines is 1. The third-order valence-electron chi connectivity index (χ3n) is 1.96. The van der Waals surface area contributed by atoms with Crippen molar-refractivity contribution in [3.8, 4) is 0 Å². The molecule has 7 heteroatoms. The summed E-state index contributed by atoms with van der Waals surface area (Å²) in [5.74, 6) is -0.969. The lowest BCUT2D eigenvalue weighted by Crippen LogP contribution is -2.39. The summed E-state index contributed by atoms with van der Waals surface area (Å²) in [6, 6.07) is 0.653. The summed E-state index contributed by atoms with van der Waals surface area (Å²) in [5, 5.41) is 2.89. The highest BCUT2D eigenvalue weighted by Crippen LogP contribution is 2.21. The van der Waals surface area contributed by atoms with Crippen LogP contribution in [-0.2, 0) is 9.53 Å². The van der Waals surface area contributed by atoms with Gasteiger partial charge >= 0.3 is 5.97 Å². The van der Waals surface area contributed by atoms with Crippen molar-refractivity contribution in [1.29, 1.82) is 0 Å². The van der Waals surface area contributed by atoms with E-state index in [9.17, 15) is 9.59 Å². The van der Waals surface area contributed by atoms with Gasteiger partial charge in [0.25, 0.3) is 5.91 Å². The number of hydrogen-bond acceptors (Lipinski definition) is 3. The molecular weight excluding hydrogens is 267 g/mol. The maximum absolute atomic E-state index is 11.7. The summed E-state index contributed by atoms with van der Waals surface area (Å²) in [4.78, 5) is 25.5. The maximum Gasteiger partial charge on any atom is 0.328 e. The maximum atomic E-state index is 11.7. The van der Waals surface area contributed by atoms with Crippen LogP contribution in [0.2, 0.25) is 10.2 Å². The molecule has 0 aliphatic rings. The third-order valence-corrected chi connectivity index (χ3v) is 2.65. The molecule has 94 valence electrons. The Hall–Kier alpha value is -1.20. The highest BCUT2D eigenvalue weighted by molar-refractivity contribution is 6.41. The van der Waals surface area contributed by atoms with Crippen LogP contribution in [0.4, 0.5) is 0 Å². The molecule has 0 spiro atoms. The van der Waals surface area contributed by atoms with Crippen molar-refractivity contribution < 1.29 is 14.3 Å². The highest BCUT2D eigenvalue weighted by atomic mass is 35.5. The zero-order valence-corrected chi connectivity index (χ0v) is 10.9. The Balaban J connectivity index is 2.63. The van der Waals surface area contributed by atoms with Crippen molar-refractivity contribution >= 4 is 35.1 Å². The molecule has 1 atom stereocenters. The van der Waals surface area contributed by atoms with Crippen LogP contribution in [0.1, 0.15) is 24.3 Å². The number of ether oxygens (including phenoxy) is 1. The topological polar surface area (TPSA) is 71.2 Å². The molecule has 1 rings (SSSR count). The van der Waals surface area contributed by atoms with E-state index in [-0.39, 0.29) is 22.5 Å². The molecule has 0 fully saturated rings. The van der Waals surface area contributed by atoms with E-state index >= 15 is 0 Å². The van der Waals surface area contributed by atoms with Crippen molar-refractivity contribution in [3.05, 3.63) is 21.9 Å². The quantitative estimate of drug-likeness (QED) is 0.828. The van der Waals surface area contributed by atoms with Gasteiger partial charge in [0.05, 0.1) is 11.6 Å². The van der Waals surface area contributed by atoms with Crippen LogP contribution in [-0.4, -0.2) is 29.5 Å². The number of nitrogens with one attached hydrogen (secondary N) is 2. The van der Waals surface area contributed by atoms with Gasteiger partial charge < -0.3 is 15.0 Å². The first-order valence-corrected chi connectivity index (χ1v) is 5.72. The minimum Gasteiger partial charge on any atom is -0.464 e. The molecule has 0 saturated carbocycles. The number of carbonyl (C=O) groups excluding carboxylic acids is 2. The monoisotopic (exact) mass is 278 g/mol. The lowest BCUT2D eigenvalue weighted by molar-refractivity contribution is -0.144. The minimum absolute atomic E-state index is 0.181. The molecule has 0 aliphatic heterocycles. The first kappa shape index (κ1) is 13.9. The van der Waals surface area contributed by atoms with Crippen molar-refractivity contribution in [2.24, 2.45) is 0 Å². The van der Waals surface area contributed by atoms with Gasteiger partial charge in [-0.1, -0.05) is 23.2 Å². The molecule has 5 nitrogen and oxygen atoms in total. The van der Waals surface area contributed by atoms with E-state index in [1.165, 1.54) is 13.0 Å². The normalized spacial score (nSPS) is 12.0. The molecule has 0 saturated heterocycles. The summed E-state index contributed by atoms with van der Waals surface area (Å²) in [7, 11) is 0. The van der Waals surface area contributed by atoms with E-state index in [4.69, 9.17) is 27.9 Å². The van der Waals surface area contributed by atoms with Gasteiger partial charge in [0.15, 0.2) is 0 Å². The number of halogens is 2. The molecule has 1 aromatic heterocycles. The Morgan fingerprint density at radius 1 is 1.53 bits per heavy atom. The van der Waals surface area contributed by atoms with Crippen molar-refractivity contribution in [2.75, 3.05) is 6.61 Å². The van der Waals surface area contributed by atoms with Gasteiger partial charge in [-0.3, -0.25) is 4.79 Å². The van der Waals surface area contributed by atoms with E-state index in [1.807, 2.05) is 0 Å². The minimum atomic E-state index is -0.733. The van der Waals surface area contributed by atoms with Crippen LogP contribution < -0.4 is 5.32 Å². The molecule has 17 heavy (non-hydrogen) atoms. The number of hydrogen-bond donors (Lipinski definition) is 2. The second-order valence-corrected chi connectivity index (χ2v) is 4.08. The van der Waals surface area contributed by atoms with Crippen LogP contribution in [0.15, 0.2) is 6.07 Å². The van der Waals surface area contributed by atoms with Gasteiger partial charge in [0.1, 0.15) is 16.9 Å². The number of rotatable bonds is 4. The van der Waals surface area contributed by atoms with E-state index in [1.54, 1.807) is 6.92 Å². The van der Waals surface area contributed by atoms with Crippen LogP contribution in [0.5, 0.6) is 0 Å². The van der Waals surface area contributed by atoms with Gasteiger partial charge in [-0.15, -0.1) is 0 Å². The van der Waals surface area contributed by atoms with Crippen molar-refractivity contribution in [3.63, 3.8) is 0 Å². The molecule has 0 bridgehead atoms. The smallest absolute Gasteiger partial charge is 0.328 e. The molecule has 0 aliphatic carbocycles. The lowest BCUT2D eigenvalue weighted by Gasteiger charge is -2.11. The summed E-state index contributed by atoms with van der Waals surface area (Å²) < 4.78 is 4.75. The highest BCUT2D eigenvalue weighted by Gasteiger charge is 2.19. The Labute approximate surface area is 108 Å². The molecule has 1 heterocycles. The molecule has 1 unspecified atom stereocenters. The average molecular weight is 279 g/mol. The van der Waals surface area contributed by atoms with E-state index in [0.717, 1.165) is 0 Å². The predicted octanol–water partition coefficient (Wildman–Crippen LogP) is 2.00. The van der Waals surface area contributed by atoms with Crippen LogP contribution in [0, 0.1) is 0 Å². The van der Waals surface area contributed by atoms with Gasteiger partial charge in [0, 0.05) is 0 Å². The number of amides is 1. The summed E-state index contributed by atoms with van der Waals surface area (Å²) >= 11 is 11.4. The summed E-state index contributed by atoms with van der Waals surface area (Å²) in [5.41, 5.74) is 0.191. The van der Waals surface area contributed by atoms with Gasteiger partial charge in [-0.05, 0) is 19.9 Å². The third kappa shape index (κ3) is 3.64. The van der Waals surface area contributed by atoms with Crippen LogP contribution >= 0.6 is 23.2 Å². The molecule has 0 radical (unpaired) electrons. The van der Waals surface area contributed by atoms with Crippen LogP contribution in [0.3, 0.4) is 0 Å². The predicted molar refractivity (Wildman–Crippen MR) is 64.4 cm³/mol. The SMILES string of the molecule is CCOC(=O)C(C)NC(=O)c1cc(Cl)c(Cl)[nH]1. The molecule has 0 aromatic carbocycles. The second-order valence-electron chi connectivity index (χ2n) is 3.29. The molecule has 2 N–H and O–H groups in total. The average Bonchev–Trinajstić information content (AvgIpc) is 2.59. The summed E-state index contributed by atoms with van der Waals surface area (Å²) in [6.45, 7) is 3.48. The fraction of sp³-hybridized carbons (Fsp3) is 0.400. The van der Waals surface area contributed by atoms with Gasteiger partial charge in [-0.2, -0.15) is 0 Å². The fourth-order valence-electron chi connectivity index (χ4n) is 1.13. The first-order chi connectivity index (χ1) is 7.95. The van der Waals surface area contributed by atoms with Gasteiger partial charge in [0.2, 0.25) is 0 Å². The molecule has 1 amide bonds. The standard InChI is InChI=1S/C10H12Cl2N2O3/c1-3-17-10(16)5(2)13-9(15)7-4-6(11)8(12)14-7/h4-5,14H,3H2,1-2H3,(H,13,15). The number of aromatic nitrogens is 1. The van der Waals surface area contributed by atoms with Crippen molar-refractivity contribution in [2.45, 2.75) is 19.9 Å². The number of carbonyl (C=O) groups is 2. The van der Waals surface area contributed by atoms with E-state index in [0.29, 0.717) is 0 Å². The second kappa shape index (κ2) is 5.93. The number of esters is 1. The van der Waals surface area contributed by atoms with Crippen LogP contribution in [0.25, 0.3) is 0 Å².